The SMILES string of the molecule is CC(NCc1cccs1)c1ccc(OCC#N)cc1. The van der Waals surface area contributed by atoms with Gasteiger partial charge in [0.2, 0.25) is 0 Å². The fourth-order valence-electron chi connectivity index (χ4n) is 1.75. The van der Waals surface area contributed by atoms with E-state index in [1.165, 1.54) is 10.4 Å². The van der Waals surface area contributed by atoms with E-state index in [4.69, 9.17) is 10.00 Å². The molecule has 1 aromatic carbocycles. The zero-order chi connectivity index (χ0) is 13.5. The van der Waals surface area contributed by atoms with Gasteiger partial charge in [0.15, 0.2) is 6.61 Å². The molecule has 0 fully saturated rings. The van der Waals surface area contributed by atoms with Crippen LogP contribution in [-0.4, -0.2) is 6.61 Å². The number of nitrogens with one attached hydrogen (secondary N) is 1. The smallest absolute Gasteiger partial charge is 0.174 e. The lowest BCUT2D eigenvalue weighted by Gasteiger charge is -2.14. The molecule has 0 bridgehead atoms. The predicted molar refractivity (Wildman–Crippen MR) is 77.1 cm³/mol. The number of thiophene rings is 1. The molecule has 0 aliphatic carbocycles. The Morgan fingerprint density at radius 3 is 2.74 bits per heavy atom. The molecule has 98 valence electrons. The zero-order valence-electron chi connectivity index (χ0n) is 10.8. The highest BCUT2D eigenvalue weighted by Crippen LogP contribution is 2.18. The number of nitriles is 1. The van der Waals surface area contributed by atoms with E-state index >= 15 is 0 Å². The summed E-state index contributed by atoms with van der Waals surface area (Å²) in [6.07, 6.45) is 0. The maximum atomic E-state index is 8.45. The molecule has 0 aliphatic rings. The van der Waals surface area contributed by atoms with E-state index in [-0.39, 0.29) is 12.6 Å². The van der Waals surface area contributed by atoms with Crippen LogP contribution in [0.5, 0.6) is 5.75 Å². The molecule has 4 heteroatoms. The summed E-state index contributed by atoms with van der Waals surface area (Å²) >= 11 is 1.76. The highest BCUT2D eigenvalue weighted by Gasteiger charge is 2.05. The van der Waals surface area contributed by atoms with Crippen molar-refractivity contribution in [2.45, 2.75) is 19.5 Å². The van der Waals surface area contributed by atoms with E-state index in [1.54, 1.807) is 11.3 Å². The number of nitrogens with zero attached hydrogens (tertiary/aromatic N) is 1. The molecule has 1 heterocycles. The Balaban J connectivity index is 1.88. The topological polar surface area (TPSA) is 45.0 Å². The second-order valence-electron chi connectivity index (χ2n) is 4.20. The van der Waals surface area contributed by atoms with Crippen LogP contribution in [0.3, 0.4) is 0 Å². The molecule has 0 saturated carbocycles. The third-order valence-electron chi connectivity index (χ3n) is 2.85. The van der Waals surface area contributed by atoms with Crippen molar-refractivity contribution in [1.82, 2.24) is 5.32 Å². The second kappa shape index (κ2) is 6.93. The molecular weight excluding hydrogens is 256 g/mol. The Labute approximate surface area is 117 Å². The van der Waals surface area contributed by atoms with E-state index in [2.05, 4.69) is 29.8 Å². The van der Waals surface area contributed by atoms with Crippen LogP contribution in [-0.2, 0) is 6.54 Å². The first-order chi connectivity index (χ1) is 9.29. The van der Waals surface area contributed by atoms with Crippen molar-refractivity contribution >= 4 is 11.3 Å². The molecule has 19 heavy (non-hydrogen) atoms. The lowest BCUT2D eigenvalue weighted by Crippen LogP contribution is -2.17. The number of hydrogen-bond donors (Lipinski definition) is 1. The van der Waals surface area contributed by atoms with Crippen molar-refractivity contribution in [2.24, 2.45) is 0 Å². The molecule has 1 N–H and O–H groups in total. The van der Waals surface area contributed by atoms with Crippen molar-refractivity contribution in [3.63, 3.8) is 0 Å². The monoisotopic (exact) mass is 272 g/mol. The van der Waals surface area contributed by atoms with Gasteiger partial charge in [0.1, 0.15) is 11.8 Å². The minimum atomic E-state index is 0.0888. The van der Waals surface area contributed by atoms with Crippen molar-refractivity contribution < 1.29 is 4.74 Å². The summed E-state index contributed by atoms with van der Waals surface area (Å²) < 4.78 is 5.23. The van der Waals surface area contributed by atoms with E-state index in [9.17, 15) is 0 Å². The van der Waals surface area contributed by atoms with E-state index in [1.807, 2.05) is 30.3 Å². The summed E-state index contributed by atoms with van der Waals surface area (Å²) in [6, 6.07) is 14.3. The third-order valence-corrected chi connectivity index (χ3v) is 3.72. The lowest BCUT2D eigenvalue weighted by molar-refractivity contribution is 0.368. The predicted octanol–water partition coefficient (Wildman–Crippen LogP) is 3.50. The van der Waals surface area contributed by atoms with Crippen molar-refractivity contribution in [2.75, 3.05) is 6.61 Å². The molecule has 2 rings (SSSR count). The van der Waals surface area contributed by atoms with Crippen molar-refractivity contribution in [3.05, 3.63) is 52.2 Å². The summed E-state index contributed by atoms with van der Waals surface area (Å²) in [5.74, 6) is 0.732. The Bertz CT molecular complexity index is 528. The second-order valence-corrected chi connectivity index (χ2v) is 5.23. The molecule has 0 spiro atoms. The maximum Gasteiger partial charge on any atom is 0.174 e. The lowest BCUT2D eigenvalue weighted by atomic mass is 10.1. The minimum Gasteiger partial charge on any atom is -0.479 e. The Hall–Kier alpha value is -1.83. The summed E-state index contributed by atoms with van der Waals surface area (Å²) in [4.78, 5) is 1.33. The zero-order valence-corrected chi connectivity index (χ0v) is 11.6. The van der Waals surface area contributed by atoms with Crippen LogP contribution in [0.4, 0.5) is 0 Å². The Morgan fingerprint density at radius 2 is 2.11 bits per heavy atom. The quantitative estimate of drug-likeness (QED) is 0.875. The van der Waals surface area contributed by atoms with Gasteiger partial charge in [0.25, 0.3) is 0 Å². The molecule has 0 saturated heterocycles. The molecular formula is C15H16N2OS. The molecule has 2 aromatic rings. The number of hydrogen-bond acceptors (Lipinski definition) is 4. The van der Waals surface area contributed by atoms with Crippen LogP contribution in [0.25, 0.3) is 0 Å². The molecule has 0 aliphatic heterocycles. The van der Waals surface area contributed by atoms with Crippen LogP contribution in [0.15, 0.2) is 41.8 Å². The number of rotatable bonds is 6. The minimum absolute atomic E-state index is 0.0888. The molecule has 1 atom stereocenters. The molecule has 0 amide bonds. The van der Waals surface area contributed by atoms with Crippen molar-refractivity contribution in [1.29, 1.82) is 5.26 Å². The van der Waals surface area contributed by atoms with E-state index in [0.29, 0.717) is 0 Å². The highest BCUT2D eigenvalue weighted by molar-refractivity contribution is 7.09. The van der Waals surface area contributed by atoms with E-state index in [0.717, 1.165) is 12.3 Å². The summed E-state index contributed by atoms with van der Waals surface area (Å²) in [6.45, 7) is 3.11. The van der Waals surface area contributed by atoms with Crippen LogP contribution in [0.2, 0.25) is 0 Å². The Morgan fingerprint density at radius 1 is 1.32 bits per heavy atom. The van der Waals surface area contributed by atoms with Gasteiger partial charge in [-0.1, -0.05) is 18.2 Å². The van der Waals surface area contributed by atoms with Gasteiger partial charge < -0.3 is 10.1 Å². The van der Waals surface area contributed by atoms with Gasteiger partial charge in [-0.3, -0.25) is 0 Å². The fourth-order valence-corrected chi connectivity index (χ4v) is 2.41. The average Bonchev–Trinajstić information content (AvgIpc) is 2.96. The van der Waals surface area contributed by atoms with Gasteiger partial charge in [-0.2, -0.15) is 5.26 Å². The van der Waals surface area contributed by atoms with Crippen LogP contribution in [0, 0.1) is 11.3 Å². The highest BCUT2D eigenvalue weighted by atomic mass is 32.1. The standard InChI is InChI=1S/C15H16N2OS/c1-12(17-11-15-3-2-10-19-15)13-4-6-14(7-5-13)18-9-8-16/h2-7,10,12,17H,9,11H2,1H3. The summed E-state index contributed by atoms with van der Waals surface area (Å²) in [5, 5.41) is 14.0. The molecule has 1 unspecified atom stereocenters. The van der Waals surface area contributed by atoms with E-state index < -0.39 is 0 Å². The average molecular weight is 272 g/mol. The maximum absolute atomic E-state index is 8.45. The van der Waals surface area contributed by atoms with Gasteiger partial charge in [-0.25, -0.2) is 0 Å². The third kappa shape index (κ3) is 4.09. The molecule has 1 aromatic heterocycles. The molecule has 3 nitrogen and oxygen atoms in total. The summed E-state index contributed by atoms with van der Waals surface area (Å²) in [7, 11) is 0. The first-order valence-electron chi connectivity index (χ1n) is 6.15. The van der Waals surface area contributed by atoms with Gasteiger partial charge >= 0.3 is 0 Å². The van der Waals surface area contributed by atoms with Crippen LogP contribution < -0.4 is 10.1 Å². The number of ether oxygens (including phenoxy) is 1. The normalized spacial score (nSPS) is 11.8. The van der Waals surface area contributed by atoms with Crippen LogP contribution >= 0.6 is 11.3 Å². The van der Waals surface area contributed by atoms with Gasteiger partial charge in [-0.15, -0.1) is 11.3 Å². The number of benzene rings is 1. The van der Waals surface area contributed by atoms with Crippen LogP contribution in [0.1, 0.15) is 23.4 Å². The Kier molecular flexibility index (Phi) is 4.96. The van der Waals surface area contributed by atoms with Gasteiger partial charge in [-0.05, 0) is 36.1 Å². The molecule has 0 radical (unpaired) electrons. The van der Waals surface area contributed by atoms with Crippen molar-refractivity contribution in [3.8, 4) is 11.8 Å². The first kappa shape index (κ1) is 13.6. The first-order valence-corrected chi connectivity index (χ1v) is 7.03. The largest absolute Gasteiger partial charge is 0.479 e. The van der Waals surface area contributed by atoms with Gasteiger partial charge in [0.05, 0.1) is 0 Å². The fraction of sp³-hybridized carbons (Fsp3) is 0.267. The van der Waals surface area contributed by atoms with Gasteiger partial charge in [0, 0.05) is 17.5 Å². The summed E-state index contributed by atoms with van der Waals surface area (Å²) in [5.41, 5.74) is 1.21.